The quantitative estimate of drug-likeness (QED) is 0.558. The van der Waals surface area contributed by atoms with Crippen LogP contribution in [-0.4, -0.2) is 40.7 Å². The molecule has 186 valence electrons. The number of sulfonamides is 1. The number of anilines is 2. The van der Waals surface area contributed by atoms with Crippen molar-refractivity contribution in [3.05, 3.63) is 47.5 Å². The molecule has 2 aromatic carbocycles. The van der Waals surface area contributed by atoms with E-state index >= 15 is 0 Å². The van der Waals surface area contributed by atoms with E-state index in [1.807, 2.05) is 18.7 Å². The molecule has 34 heavy (non-hydrogen) atoms. The van der Waals surface area contributed by atoms with E-state index in [-0.39, 0.29) is 22.5 Å². The zero-order valence-electron chi connectivity index (χ0n) is 19.3. The van der Waals surface area contributed by atoms with E-state index in [0.717, 1.165) is 44.6 Å². The summed E-state index contributed by atoms with van der Waals surface area (Å²) in [4.78, 5) is 13.4. The third kappa shape index (κ3) is 5.24. The van der Waals surface area contributed by atoms with Crippen molar-refractivity contribution in [1.29, 1.82) is 0 Å². The highest BCUT2D eigenvalue weighted by molar-refractivity contribution is 7.92. The van der Waals surface area contributed by atoms with Crippen LogP contribution in [0.2, 0.25) is 0 Å². The standard InChI is InChI=1S/C23H27F3N2O5S/c1-22(2)11-5-6-12-28(22)18-9-8-16(23(24,25)26)14-17(18)27-34(30,31)20-13-15(21(29)33-4)7-10-19(20)32-3/h7-10,13-14,27H,5-6,11-12H2,1-4H3. The van der Waals surface area contributed by atoms with Crippen molar-refractivity contribution in [3.63, 3.8) is 0 Å². The maximum absolute atomic E-state index is 13.5. The van der Waals surface area contributed by atoms with Crippen LogP contribution in [0.1, 0.15) is 49.0 Å². The van der Waals surface area contributed by atoms with Crippen molar-refractivity contribution in [3.8, 4) is 5.75 Å². The summed E-state index contributed by atoms with van der Waals surface area (Å²) in [6.07, 6.45) is -2.08. The first-order valence-corrected chi connectivity index (χ1v) is 12.1. The lowest BCUT2D eigenvalue weighted by molar-refractivity contribution is -0.137. The highest BCUT2D eigenvalue weighted by Gasteiger charge is 2.36. The fraction of sp³-hybridized carbons (Fsp3) is 0.435. The predicted molar refractivity (Wildman–Crippen MR) is 122 cm³/mol. The molecule has 3 rings (SSSR count). The van der Waals surface area contributed by atoms with Crippen molar-refractivity contribution in [2.75, 3.05) is 30.4 Å². The molecule has 1 aliphatic heterocycles. The fourth-order valence-electron chi connectivity index (χ4n) is 4.07. The number of hydrogen-bond donors (Lipinski definition) is 1. The second-order valence-electron chi connectivity index (χ2n) is 8.61. The lowest BCUT2D eigenvalue weighted by Gasteiger charge is -2.45. The summed E-state index contributed by atoms with van der Waals surface area (Å²) in [6.45, 7) is 4.49. The van der Waals surface area contributed by atoms with Crippen LogP contribution < -0.4 is 14.4 Å². The molecule has 1 aliphatic rings. The van der Waals surface area contributed by atoms with Crippen LogP contribution in [0.5, 0.6) is 5.75 Å². The van der Waals surface area contributed by atoms with Crippen LogP contribution in [0.15, 0.2) is 41.3 Å². The molecule has 1 heterocycles. The summed E-state index contributed by atoms with van der Waals surface area (Å²) in [5.41, 5.74) is -1.30. The topological polar surface area (TPSA) is 84.9 Å². The van der Waals surface area contributed by atoms with Gasteiger partial charge in [0.2, 0.25) is 0 Å². The molecule has 0 aliphatic carbocycles. The first-order chi connectivity index (χ1) is 15.8. The molecule has 0 saturated carbocycles. The molecule has 0 atom stereocenters. The SMILES string of the molecule is COC(=O)c1ccc(OC)c(S(=O)(=O)Nc2cc(C(F)(F)F)ccc2N2CCCCC2(C)C)c1. The summed E-state index contributed by atoms with van der Waals surface area (Å²) < 4.78 is 79.3. The van der Waals surface area contributed by atoms with Gasteiger partial charge in [-0.3, -0.25) is 4.72 Å². The molecule has 0 radical (unpaired) electrons. The van der Waals surface area contributed by atoms with Crippen LogP contribution in [-0.2, 0) is 20.9 Å². The molecular formula is C23H27F3N2O5S. The molecule has 1 N–H and O–H groups in total. The van der Waals surface area contributed by atoms with E-state index in [9.17, 15) is 26.4 Å². The van der Waals surface area contributed by atoms with Crippen molar-refractivity contribution >= 4 is 27.4 Å². The molecule has 11 heteroatoms. The first-order valence-electron chi connectivity index (χ1n) is 10.6. The maximum Gasteiger partial charge on any atom is 0.416 e. The highest BCUT2D eigenvalue weighted by atomic mass is 32.2. The van der Waals surface area contributed by atoms with Crippen LogP contribution in [0.3, 0.4) is 0 Å². The third-order valence-corrected chi connectivity index (χ3v) is 7.27. The number of methoxy groups -OCH3 is 2. The van der Waals surface area contributed by atoms with E-state index in [1.165, 1.54) is 25.3 Å². The minimum Gasteiger partial charge on any atom is -0.495 e. The van der Waals surface area contributed by atoms with Gasteiger partial charge in [-0.05, 0) is 69.5 Å². The Morgan fingerprint density at radius 3 is 2.38 bits per heavy atom. The minimum absolute atomic E-state index is 0.0508. The Labute approximate surface area is 196 Å². The summed E-state index contributed by atoms with van der Waals surface area (Å²) >= 11 is 0. The monoisotopic (exact) mass is 500 g/mol. The number of benzene rings is 2. The van der Waals surface area contributed by atoms with Crippen LogP contribution in [0.4, 0.5) is 24.5 Å². The third-order valence-electron chi connectivity index (χ3n) is 5.88. The van der Waals surface area contributed by atoms with Crippen molar-refractivity contribution in [1.82, 2.24) is 0 Å². The fourth-order valence-corrected chi connectivity index (χ4v) is 5.33. The number of ether oxygens (including phenoxy) is 2. The number of carbonyl (C=O) groups excluding carboxylic acids is 1. The summed E-state index contributed by atoms with van der Waals surface area (Å²) in [7, 11) is -2.06. The number of nitrogens with zero attached hydrogens (tertiary/aromatic N) is 1. The Kier molecular flexibility index (Phi) is 7.07. The lowest BCUT2D eigenvalue weighted by atomic mass is 9.89. The van der Waals surface area contributed by atoms with Crippen molar-refractivity contribution in [2.45, 2.75) is 49.7 Å². The number of piperidine rings is 1. The molecule has 0 spiro atoms. The zero-order valence-corrected chi connectivity index (χ0v) is 20.1. The zero-order chi connectivity index (χ0) is 25.3. The average Bonchev–Trinajstić information content (AvgIpc) is 2.77. The van der Waals surface area contributed by atoms with Gasteiger partial charge in [-0.1, -0.05) is 0 Å². The molecule has 0 aromatic heterocycles. The molecule has 1 saturated heterocycles. The van der Waals surface area contributed by atoms with Gasteiger partial charge in [-0.15, -0.1) is 0 Å². The normalized spacial score (nSPS) is 16.1. The van der Waals surface area contributed by atoms with Gasteiger partial charge < -0.3 is 14.4 Å². The second-order valence-corrected chi connectivity index (χ2v) is 10.3. The number of halogens is 3. The van der Waals surface area contributed by atoms with Gasteiger partial charge in [0.15, 0.2) is 0 Å². The number of nitrogens with one attached hydrogen (secondary N) is 1. The van der Waals surface area contributed by atoms with Gasteiger partial charge in [0, 0.05) is 12.1 Å². The second kappa shape index (κ2) is 9.36. The number of rotatable bonds is 6. The van der Waals surface area contributed by atoms with E-state index < -0.39 is 32.6 Å². The minimum atomic E-state index is -4.67. The van der Waals surface area contributed by atoms with Crippen LogP contribution >= 0.6 is 0 Å². The molecule has 1 fully saturated rings. The van der Waals surface area contributed by atoms with Crippen LogP contribution in [0, 0.1) is 0 Å². The van der Waals surface area contributed by atoms with E-state index in [1.54, 1.807) is 0 Å². The Bertz CT molecular complexity index is 1180. The smallest absolute Gasteiger partial charge is 0.416 e. The van der Waals surface area contributed by atoms with Crippen molar-refractivity contribution in [2.24, 2.45) is 0 Å². The van der Waals surface area contributed by atoms with Gasteiger partial charge in [0.1, 0.15) is 10.6 Å². The first kappa shape index (κ1) is 25.7. The average molecular weight is 501 g/mol. The Hall–Kier alpha value is -2.95. The van der Waals surface area contributed by atoms with Crippen LogP contribution in [0.25, 0.3) is 0 Å². The molecule has 0 unspecified atom stereocenters. The largest absolute Gasteiger partial charge is 0.495 e. The Balaban J connectivity index is 2.14. The maximum atomic E-state index is 13.5. The highest BCUT2D eigenvalue weighted by Crippen LogP contribution is 2.41. The van der Waals surface area contributed by atoms with Gasteiger partial charge in [-0.2, -0.15) is 13.2 Å². The van der Waals surface area contributed by atoms with E-state index in [0.29, 0.717) is 12.2 Å². The Morgan fingerprint density at radius 2 is 1.79 bits per heavy atom. The molecule has 7 nitrogen and oxygen atoms in total. The molecular weight excluding hydrogens is 473 g/mol. The number of carbonyl (C=O) groups is 1. The van der Waals surface area contributed by atoms with E-state index in [4.69, 9.17) is 4.74 Å². The number of hydrogen-bond acceptors (Lipinski definition) is 6. The molecule has 2 aromatic rings. The Morgan fingerprint density at radius 1 is 1.09 bits per heavy atom. The van der Waals surface area contributed by atoms with Gasteiger partial charge in [0.05, 0.1) is 36.7 Å². The summed E-state index contributed by atoms with van der Waals surface area (Å²) in [6, 6.07) is 6.68. The van der Waals surface area contributed by atoms with Gasteiger partial charge in [-0.25, -0.2) is 13.2 Å². The molecule has 0 bridgehead atoms. The van der Waals surface area contributed by atoms with Crippen molar-refractivity contribution < 1.29 is 35.9 Å². The summed E-state index contributed by atoms with van der Waals surface area (Å²) in [5, 5.41) is 0. The van der Waals surface area contributed by atoms with Gasteiger partial charge >= 0.3 is 12.1 Å². The number of esters is 1. The lowest BCUT2D eigenvalue weighted by Crippen LogP contribution is -2.48. The van der Waals surface area contributed by atoms with Gasteiger partial charge in [0.25, 0.3) is 10.0 Å². The predicted octanol–water partition coefficient (Wildman–Crippen LogP) is 5.07. The van der Waals surface area contributed by atoms with E-state index in [2.05, 4.69) is 9.46 Å². The molecule has 0 amide bonds. The summed E-state index contributed by atoms with van der Waals surface area (Å²) in [5.74, 6) is -0.846. The number of alkyl halides is 3.